The van der Waals surface area contributed by atoms with Crippen molar-refractivity contribution in [2.45, 2.75) is 46.2 Å². The predicted octanol–water partition coefficient (Wildman–Crippen LogP) is 3.21. The molecular formula is C20H31N5O. The average Bonchev–Trinajstić information content (AvgIpc) is 3.05. The largest absolute Gasteiger partial charge is 0.443 e. The van der Waals surface area contributed by atoms with E-state index in [1.165, 1.54) is 16.8 Å². The molecule has 0 aliphatic carbocycles. The van der Waals surface area contributed by atoms with Gasteiger partial charge in [-0.25, -0.2) is 4.98 Å². The van der Waals surface area contributed by atoms with Gasteiger partial charge in [0.05, 0.1) is 12.7 Å². The molecule has 1 aromatic carbocycles. The highest BCUT2D eigenvalue weighted by atomic mass is 16.4. The van der Waals surface area contributed by atoms with E-state index in [9.17, 15) is 0 Å². The highest BCUT2D eigenvalue weighted by Gasteiger charge is 2.19. The lowest BCUT2D eigenvalue weighted by atomic mass is 9.94. The van der Waals surface area contributed by atoms with E-state index in [1.807, 2.05) is 0 Å². The molecule has 0 radical (unpaired) electrons. The first-order valence-electron chi connectivity index (χ1n) is 8.87. The van der Waals surface area contributed by atoms with Crippen molar-refractivity contribution in [1.29, 1.82) is 0 Å². The van der Waals surface area contributed by atoms with Crippen LogP contribution in [0.1, 0.15) is 43.5 Å². The van der Waals surface area contributed by atoms with Gasteiger partial charge in [0.2, 0.25) is 5.89 Å². The van der Waals surface area contributed by atoms with Crippen molar-refractivity contribution in [2.75, 3.05) is 26.0 Å². The summed E-state index contributed by atoms with van der Waals surface area (Å²) in [6.07, 6.45) is 1.79. The Morgan fingerprint density at radius 3 is 2.46 bits per heavy atom. The summed E-state index contributed by atoms with van der Waals surface area (Å²) >= 11 is 0. The van der Waals surface area contributed by atoms with Crippen molar-refractivity contribution in [1.82, 2.24) is 15.6 Å². The van der Waals surface area contributed by atoms with Crippen molar-refractivity contribution in [2.24, 2.45) is 4.99 Å². The van der Waals surface area contributed by atoms with Crippen molar-refractivity contribution in [3.63, 3.8) is 0 Å². The number of nitrogens with zero attached hydrogens (tertiary/aromatic N) is 3. The summed E-state index contributed by atoms with van der Waals surface area (Å²) in [5, 5.41) is 6.60. The van der Waals surface area contributed by atoms with Crippen LogP contribution in [0.5, 0.6) is 0 Å². The number of aromatic nitrogens is 1. The minimum atomic E-state index is -0.0425. The van der Waals surface area contributed by atoms with Crippen LogP contribution in [0.3, 0.4) is 0 Å². The molecule has 0 amide bonds. The van der Waals surface area contributed by atoms with Gasteiger partial charge < -0.3 is 20.0 Å². The number of anilines is 1. The Morgan fingerprint density at radius 2 is 1.88 bits per heavy atom. The number of aliphatic imine (C=N–C) groups is 1. The van der Waals surface area contributed by atoms with Gasteiger partial charge in [-0.3, -0.25) is 4.99 Å². The third-order valence-corrected chi connectivity index (χ3v) is 4.09. The second kappa shape index (κ2) is 8.25. The van der Waals surface area contributed by atoms with Crippen LogP contribution in [-0.2, 0) is 18.5 Å². The maximum absolute atomic E-state index is 5.81. The standard InChI is InChI=1S/C20H31N5O/c1-14-8-9-15(16(10-14)25(6)7)11-23-19(21-5)24-13-18-22-12-17(26-18)20(2,3)4/h8-10,12H,11,13H2,1-7H3,(H2,21,23,24). The first kappa shape index (κ1) is 19.8. The molecule has 0 spiro atoms. The van der Waals surface area contributed by atoms with E-state index >= 15 is 0 Å². The van der Waals surface area contributed by atoms with Crippen molar-refractivity contribution >= 4 is 11.6 Å². The van der Waals surface area contributed by atoms with Gasteiger partial charge in [0.1, 0.15) is 5.76 Å². The molecule has 0 saturated carbocycles. The predicted molar refractivity (Wildman–Crippen MR) is 108 cm³/mol. The van der Waals surface area contributed by atoms with Crippen LogP contribution < -0.4 is 15.5 Å². The van der Waals surface area contributed by atoms with Gasteiger partial charge in [0, 0.05) is 38.8 Å². The minimum Gasteiger partial charge on any atom is -0.443 e. The summed E-state index contributed by atoms with van der Waals surface area (Å²) in [7, 11) is 5.87. The fourth-order valence-corrected chi connectivity index (χ4v) is 2.54. The molecule has 2 N–H and O–H groups in total. The summed E-state index contributed by atoms with van der Waals surface area (Å²) in [5.41, 5.74) is 3.63. The monoisotopic (exact) mass is 357 g/mol. The molecule has 0 saturated heterocycles. The zero-order chi connectivity index (χ0) is 19.3. The average molecular weight is 358 g/mol. The Hall–Kier alpha value is -2.50. The van der Waals surface area contributed by atoms with E-state index in [4.69, 9.17) is 4.42 Å². The van der Waals surface area contributed by atoms with E-state index in [1.54, 1.807) is 13.2 Å². The zero-order valence-electron chi connectivity index (χ0n) is 17.0. The maximum Gasteiger partial charge on any atom is 0.213 e. The highest BCUT2D eigenvalue weighted by Crippen LogP contribution is 2.22. The van der Waals surface area contributed by atoms with Gasteiger partial charge in [0.25, 0.3) is 0 Å². The normalized spacial score (nSPS) is 12.2. The van der Waals surface area contributed by atoms with Crippen molar-refractivity contribution < 1.29 is 4.42 Å². The highest BCUT2D eigenvalue weighted by molar-refractivity contribution is 5.79. The summed E-state index contributed by atoms with van der Waals surface area (Å²) in [4.78, 5) is 10.7. The first-order chi connectivity index (χ1) is 12.2. The lowest BCUT2D eigenvalue weighted by molar-refractivity contribution is 0.379. The lowest BCUT2D eigenvalue weighted by Gasteiger charge is -2.19. The van der Waals surface area contributed by atoms with Gasteiger partial charge in [-0.05, 0) is 24.1 Å². The molecular weight excluding hydrogens is 326 g/mol. The molecule has 1 aromatic heterocycles. The molecule has 0 bridgehead atoms. The SMILES string of the molecule is CN=C(NCc1ncc(C(C)(C)C)o1)NCc1ccc(C)cc1N(C)C. The first-order valence-corrected chi connectivity index (χ1v) is 8.87. The summed E-state index contributed by atoms with van der Waals surface area (Å²) in [6, 6.07) is 6.46. The fourth-order valence-electron chi connectivity index (χ4n) is 2.54. The third-order valence-electron chi connectivity index (χ3n) is 4.09. The molecule has 142 valence electrons. The molecule has 0 atom stereocenters. The third kappa shape index (κ3) is 5.25. The molecule has 0 fully saturated rings. The van der Waals surface area contributed by atoms with E-state index in [-0.39, 0.29) is 5.41 Å². The van der Waals surface area contributed by atoms with Crippen molar-refractivity contribution in [3.8, 4) is 0 Å². The van der Waals surface area contributed by atoms with Gasteiger partial charge in [0.15, 0.2) is 5.96 Å². The molecule has 1 heterocycles. The van der Waals surface area contributed by atoms with Gasteiger partial charge >= 0.3 is 0 Å². The Balaban J connectivity index is 1.96. The molecule has 0 aliphatic heterocycles. The Labute approximate surface area is 156 Å². The summed E-state index contributed by atoms with van der Waals surface area (Å²) in [5.74, 6) is 2.25. The summed E-state index contributed by atoms with van der Waals surface area (Å²) < 4.78 is 5.81. The number of benzene rings is 1. The number of guanidine groups is 1. The van der Waals surface area contributed by atoms with Crippen LogP contribution in [0.4, 0.5) is 5.69 Å². The molecule has 6 heteroatoms. The van der Waals surface area contributed by atoms with Crippen LogP contribution in [0.25, 0.3) is 0 Å². The number of oxazole rings is 1. The Bertz CT molecular complexity index is 756. The second-order valence-corrected chi connectivity index (χ2v) is 7.67. The Morgan fingerprint density at radius 1 is 1.19 bits per heavy atom. The van der Waals surface area contributed by atoms with Crippen LogP contribution in [0.2, 0.25) is 0 Å². The van der Waals surface area contributed by atoms with Gasteiger partial charge in [-0.1, -0.05) is 32.9 Å². The van der Waals surface area contributed by atoms with E-state index in [0.717, 1.165) is 5.76 Å². The topological polar surface area (TPSA) is 65.7 Å². The van der Waals surface area contributed by atoms with Crippen LogP contribution in [-0.4, -0.2) is 32.1 Å². The zero-order valence-corrected chi connectivity index (χ0v) is 17.0. The molecule has 0 unspecified atom stereocenters. The molecule has 2 rings (SSSR count). The Kier molecular flexibility index (Phi) is 6.29. The summed E-state index contributed by atoms with van der Waals surface area (Å²) in [6.45, 7) is 9.60. The number of hydrogen-bond donors (Lipinski definition) is 2. The molecule has 0 aliphatic rings. The van der Waals surface area contributed by atoms with E-state index in [0.29, 0.717) is 24.9 Å². The second-order valence-electron chi connectivity index (χ2n) is 7.67. The quantitative estimate of drug-likeness (QED) is 0.635. The lowest BCUT2D eigenvalue weighted by Crippen LogP contribution is -2.36. The van der Waals surface area contributed by atoms with Crippen molar-refractivity contribution in [3.05, 3.63) is 47.2 Å². The number of nitrogens with one attached hydrogen (secondary N) is 2. The number of aryl methyl sites for hydroxylation is 1. The van der Waals surface area contributed by atoms with Crippen LogP contribution in [0.15, 0.2) is 33.8 Å². The van der Waals surface area contributed by atoms with E-state index in [2.05, 4.69) is 85.5 Å². The molecule has 2 aromatic rings. The molecule has 6 nitrogen and oxygen atoms in total. The smallest absolute Gasteiger partial charge is 0.213 e. The molecule has 26 heavy (non-hydrogen) atoms. The van der Waals surface area contributed by atoms with Gasteiger partial charge in [-0.15, -0.1) is 0 Å². The fraction of sp³-hybridized carbons (Fsp3) is 0.500. The van der Waals surface area contributed by atoms with Crippen LogP contribution >= 0.6 is 0 Å². The van der Waals surface area contributed by atoms with Gasteiger partial charge in [-0.2, -0.15) is 0 Å². The van der Waals surface area contributed by atoms with Crippen LogP contribution in [0, 0.1) is 6.92 Å². The number of hydrogen-bond acceptors (Lipinski definition) is 4. The van der Waals surface area contributed by atoms with E-state index < -0.39 is 0 Å². The number of rotatable bonds is 5. The minimum absolute atomic E-state index is 0.0425. The maximum atomic E-state index is 5.81.